The third kappa shape index (κ3) is 5.94. The maximum atomic E-state index is 12.6. The highest BCUT2D eigenvalue weighted by Gasteiger charge is 2.24. The molecule has 0 saturated carbocycles. The molecular formula is C20H24N2O2S. The summed E-state index contributed by atoms with van der Waals surface area (Å²) in [4.78, 5) is 26.0. The van der Waals surface area contributed by atoms with E-state index in [2.05, 4.69) is 10.6 Å². The zero-order chi connectivity index (χ0) is 18.2. The van der Waals surface area contributed by atoms with Gasteiger partial charge in [0.1, 0.15) is 6.04 Å². The first kappa shape index (κ1) is 19.1. The van der Waals surface area contributed by atoms with Gasteiger partial charge in [-0.1, -0.05) is 44.2 Å². The van der Waals surface area contributed by atoms with Crippen LogP contribution in [0.1, 0.15) is 19.4 Å². The van der Waals surface area contributed by atoms with E-state index in [1.807, 2.05) is 74.7 Å². The third-order valence-corrected chi connectivity index (χ3v) is 4.57. The van der Waals surface area contributed by atoms with E-state index in [4.69, 9.17) is 0 Å². The van der Waals surface area contributed by atoms with Crippen molar-refractivity contribution in [1.82, 2.24) is 5.32 Å². The summed E-state index contributed by atoms with van der Waals surface area (Å²) in [5.41, 5.74) is 1.65. The molecule has 5 heteroatoms. The van der Waals surface area contributed by atoms with Gasteiger partial charge < -0.3 is 10.6 Å². The molecule has 0 heterocycles. The molecule has 0 aliphatic carbocycles. The van der Waals surface area contributed by atoms with Crippen molar-refractivity contribution in [3.8, 4) is 0 Å². The molecule has 2 N–H and O–H groups in total. The molecule has 0 aromatic heterocycles. The first-order chi connectivity index (χ1) is 12.0. The van der Waals surface area contributed by atoms with Crippen LogP contribution in [0.2, 0.25) is 0 Å². The average molecular weight is 356 g/mol. The van der Waals surface area contributed by atoms with Gasteiger partial charge in [-0.25, -0.2) is 0 Å². The Morgan fingerprint density at radius 3 is 2.20 bits per heavy atom. The largest absolute Gasteiger partial charge is 0.344 e. The van der Waals surface area contributed by atoms with Gasteiger partial charge in [0.15, 0.2) is 0 Å². The minimum absolute atomic E-state index is 0.00908. The standard InChI is InChI=1S/C20H24N2O2S/c1-14(2)19(22-18(23)13-15-7-5-4-6-8-15)20(24)21-16-9-11-17(25-3)12-10-16/h4-12,14,19H,13H2,1-3H3,(H,21,24)(H,22,23)/t19-/m0/s1. The van der Waals surface area contributed by atoms with Crippen LogP contribution < -0.4 is 10.6 Å². The molecule has 2 aromatic carbocycles. The van der Waals surface area contributed by atoms with Gasteiger partial charge in [-0.3, -0.25) is 9.59 Å². The Labute approximate surface area is 153 Å². The van der Waals surface area contributed by atoms with Gasteiger partial charge in [0.05, 0.1) is 6.42 Å². The SMILES string of the molecule is CSc1ccc(NC(=O)[C@@H](NC(=O)Cc2ccccc2)C(C)C)cc1. The molecule has 0 radical (unpaired) electrons. The Bertz CT molecular complexity index is 699. The highest BCUT2D eigenvalue weighted by molar-refractivity contribution is 7.98. The normalized spacial score (nSPS) is 11.8. The van der Waals surface area contributed by atoms with E-state index in [1.165, 1.54) is 0 Å². The Morgan fingerprint density at radius 2 is 1.64 bits per heavy atom. The highest BCUT2D eigenvalue weighted by Crippen LogP contribution is 2.18. The predicted molar refractivity (Wildman–Crippen MR) is 104 cm³/mol. The highest BCUT2D eigenvalue weighted by atomic mass is 32.2. The molecule has 2 aromatic rings. The van der Waals surface area contributed by atoms with E-state index in [0.717, 1.165) is 16.1 Å². The van der Waals surface area contributed by atoms with Crippen LogP contribution >= 0.6 is 11.8 Å². The third-order valence-electron chi connectivity index (χ3n) is 3.83. The van der Waals surface area contributed by atoms with E-state index in [1.54, 1.807) is 11.8 Å². The summed E-state index contributed by atoms with van der Waals surface area (Å²) < 4.78 is 0. The Balaban J connectivity index is 1.98. The first-order valence-corrected chi connectivity index (χ1v) is 9.50. The summed E-state index contributed by atoms with van der Waals surface area (Å²) in [5.74, 6) is -0.365. The molecule has 1 atom stereocenters. The number of hydrogen-bond acceptors (Lipinski definition) is 3. The topological polar surface area (TPSA) is 58.2 Å². The van der Waals surface area contributed by atoms with Gasteiger partial charge in [-0.2, -0.15) is 0 Å². The van der Waals surface area contributed by atoms with Crippen LogP contribution in [-0.4, -0.2) is 24.1 Å². The zero-order valence-electron chi connectivity index (χ0n) is 14.8. The molecule has 132 valence electrons. The number of amides is 2. The van der Waals surface area contributed by atoms with Crippen LogP contribution in [0.15, 0.2) is 59.5 Å². The molecule has 0 aliphatic heterocycles. The molecule has 4 nitrogen and oxygen atoms in total. The minimum atomic E-state index is -0.573. The van der Waals surface area contributed by atoms with Gasteiger partial charge >= 0.3 is 0 Å². The van der Waals surface area contributed by atoms with E-state index in [9.17, 15) is 9.59 Å². The summed E-state index contributed by atoms with van der Waals surface area (Å²) in [7, 11) is 0. The molecule has 0 aliphatic rings. The lowest BCUT2D eigenvalue weighted by Crippen LogP contribution is -2.47. The number of carbonyl (C=O) groups is 2. The fraction of sp³-hybridized carbons (Fsp3) is 0.300. The number of benzene rings is 2. The summed E-state index contributed by atoms with van der Waals surface area (Å²) in [6.45, 7) is 3.84. The molecule has 2 amide bonds. The summed E-state index contributed by atoms with van der Waals surface area (Å²) in [6, 6.07) is 16.6. The zero-order valence-corrected chi connectivity index (χ0v) is 15.6. The maximum absolute atomic E-state index is 12.6. The monoisotopic (exact) mass is 356 g/mol. The lowest BCUT2D eigenvalue weighted by molar-refractivity contribution is -0.127. The molecular weight excluding hydrogens is 332 g/mol. The summed E-state index contributed by atoms with van der Waals surface area (Å²) in [5, 5.41) is 5.73. The minimum Gasteiger partial charge on any atom is -0.344 e. The van der Waals surface area contributed by atoms with Gasteiger partial charge in [-0.15, -0.1) is 11.8 Å². The van der Waals surface area contributed by atoms with Gasteiger partial charge in [0, 0.05) is 10.6 Å². The fourth-order valence-corrected chi connectivity index (χ4v) is 2.84. The van der Waals surface area contributed by atoms with E-state index >= 15 is 0 Å². The van der Waals surface area contributed by atoms with Crippen molar-refractivity contribution in [3.05, 3.63) is 60.2 Å². The molecule has 2 rings (SSSR count). The smallest absolute Gasteiger partial charge is 0.247 e. The lowest BCUT2D eigenvalue weighted by Gasteiger charge is -2.22. The van der Waals surface area contributed by atoms with E-state index < -0.39 is 6.04 Å². The average Bonchev–Trinajstić information content (AvgIpc) is 2.61. The number of carbonyl (C=O) groups excluding carboxylic acids is 2. The van der Waals surface area contributed by atoms with Crippen LogP contribution in [0.5, 0.6) is 0 Å². The van der Waals surface area contributed by atoms with Gasteiger partial charge in [0.25, 0.3) is 0 Å². The second kappa shape index (κ2) is 9.28. The number of thioether (sulfide) groups is 1. The fourth-order valence-electron chi connectivity index (χ4n) is 2.44. The van der Waals surface area contributed by atoms with Crippen molar-refractivity contribution in [3.63, 3.8) is 0 Å². The van der Waals surface area contributed by atoms with Crippen LogP contribution in [0.4, 0.5) is 5.69 Å². The molecule has 25 heavy (non-hydrogen) atoms. The number of rotatable bonds is 7. The second-order valence-electron chi connectivity index (χ2n) is 6.17. The van der Waals surface area contributed by atoms with Crippen molar-refractivity contribution < 1.29 is 9.59 Å². The number of anilines is 1. The van der Waals surface area contributed by atoms with Crippen molar-refractivity contribution in [2.75, 3.05) is 11.6 Å². The van der Waals surface area contributed by atoms with Crippen molar-refractivity contribution >= 4 is 29.3 Å². The lowest BCUT2D eigenvalue weighted by atomic mass is 10.0. The van der Waals surface area contributed by atoms with Crippen molar-refractivity contribution in [2.45, 2.75) is 31.2 Å². The molecule has 0 bridgehead atoms. The van der Waals surface area contributed by atoms with Crippen LogP contribution in [0.25, 0.3) is 0 Å². The van der Waals surface area contributed by atoms with E-state index in [0.29, 0.717) is 0 Å². The van der Waals surface area contributed by atoms with E-state index in [-0.39, 0.29) is 24.2 Å². The first-order valence-electron chi connectivity index (χ1n) is 8.28. The quantitative estimate of drug-likeness (QED) is 0.743. The Morgan fingerprint density at radius 1 is 1.00 bits per heavy atom. The Hall–Kier alpha value is -2.27. The second-order valence-corrected chi connectivity index (χ2v) is 7.05. The summed E-state index contributed by atoms with van der Waals surface area (Å²) in [6.07, 6.45) is 2.27. The Kier molecular flexibility index (Phi) is 7.07. The van der Waals surface area contributed by atoms with Gasteiger partial charge in [-0.05, 0) is 42.0 Å². The van der Waals surface area contributed by atoms with Crippen LogP contribution in [-0.2, 0) is 16.0 Å². The van der Waals surface area contributed by atoms with Crippen molar-refractivity contribution in [1.29, 1.82) is 0 Å². The van der Waals surface area contributed by atoms with Gasteiger partial charge in [0.2, 0.25) is 11.8 Å². The maximum Gasteiger partial charge on any atom is 0.247 e. The molecule has 0 saturated heterocycles. The predicted octanol–water partition coefficient (Wildman–Crippen LogP) is 3.73. The van der Waals surface area contributed by atoms with Crippen LogP contribution in [0.3, 0.4) is 0 Å². The molecule has 0 fully saturated rings. The number of nitrogens with one attached hydrogen (secondary N) is 2. The molecule has 0 spiro atoms. The molecule has 0 unspecified atom stereocenters. The van der Waals surface area contributed by atoms with Crippen molar-refractivity contribution in [2.24, 2.45) is 5.92 Å². The number of hydrogen-bond donors (Lipinski definition) is 2. The summed E-state index contributed by atoms with van der Waals surface area (Å²) >= 11 is 1.65. The van der Waals surface area contributed by atoms with Crippen LogP contribution in [0, 0.1) is 5.92 Å².